The molecule has 0 atom stereocenters. The van der Waals surface area contributed by atoms with Crippen LogP contribution in [0.15, 0.2) is 41.3 Å². The van der Waals surface area contributed by atoms with Crippen LogP contribution < -0.4 is 15.8 Å². The molecule has 0 heterocycles. The number of nitrogens with two attached hydrogens (primary N) is 1. The topological polar surface area (TPSA) is 139 Å². The number of benzene rings is 1. The van der Waals surface area contributed by atoms with Gasteiger partial charge in [-0.05, 0) is 37.1 Å². The van der Waals surface area contributed by atoms with E-state index in [1.54, 1.807) is 0 Å². The maximum atomic E-state index is 11.6. The zero-order valence-corrected chi connectivity index (χ0v) is 12.5. The summed E-state index contributed by atoms with van der Waals surface area (Å²) in [5.41, 5.74) is 0.487. The number of hydrogen-bond donors (Lipinski definition) is 4. The van der Waals surface area contributed by atoms with Gasteiger partial charge in [-0.1, -0.05) is 6.58 Å². The van der Waals surface area contributed by atoms with E-state index in [2.05, 4.69) is 17.2 Å². The molecule has 8 nitrogen and oxygen atoms in total. The Hall–Kier alpha value is -2.39. The predicted octanol–water partition coefficient (Wildman–Crippen LogP) is 0.876. The molecule has 22 heavy (non-hydrogen) atoms. The number of carboxylic acid groups (broad SMARTS) is 1. The van der Waals surface area contributed by atoms with Crippen LogP contribution in [0.5, 0.6) is 0 Å². The van der Waals surface area contributed by atoms with Gasteiger partial charge in [-0.2, -0.15) is 0 Å². The summed E-state index contributed by atoms with van der Waals surface area (Å²) in [5.74, 6) is -1.06. The summed E-state index contributed by atoms with van der Waals surface area (Å²) in [6, 6.07) is 4.89. The van der Waals surface area contributed by atoms with E-state index in [0.717, 1.165) is 0 Å². The molecule has 0 fully saturated rings. The number of anilines is 1. The van der Waals surface area contributed by atoms with E-state index >= 15 is 0 Å². The molecule has 0 unspecified atom stereocenters. The Morgan fingerprint density at radius 1 is 1.23 bits per heavy atom. The number of primary sulfonamides is 1. The van der Waals surface area contributed by atoms with Crippen molar-refractivity contribution in [2.75, 3.05) is 11.9 Å². The molecule has 9 heteroatoms. The predicted molar refractivity (Wildman–Crippen MR) is 80.8 cm³/mol. The van der Waals surface area contributed by atoms with Gasteiger partial charge >= 0.3 is 12.0 Å². The second-order valence-electron chi connectivity index (χ2n) is 4.46. The molecule has 0 aliphatic rings. The van der Waals surface area contributed by atoms with E-state index in [4.69, 9.17) is 10.2 Å². The molecule has 1 aromatic carbocycles. The van der Waals surface area contributed by atoms with Crippen molar-refractivity contribution in [3.05, 3.63) is 36.4 Å². The average Bonchev–Trinajstić information content (AvgIpc) is 2.42. The van der Waals surface area contributed by atoms with Crippen molar-refractivity contribution in [2.45, 2.75) is 17.7 Å². The Labute approximate surface area is 128 Å². The minimum Gasteiger partial charge on any atom is -0.478 e. The molecular weight excluding hydrogens is 310 g/mol. The third-order valence-corrected chi connectivity index (χ3v) is 3.61. The van der Waals surface area contributed by atoms with Crippen LogP contribution in [0.4, 0.5) is 10.5 Å². The smallest absolute Gasteiger partial charge is 0.330 e. The first kappa shape index (κ1) is 17.7. The van der Waals surface area contributed by atoms with E-state index in [1.807, 2.05) is 0 Å². The van der Waals surface area contributed by atoms with Gasteiger partial charge in [0.15, 0.2) is 0 Å². The Kier molecular flexibility index (Phi) is 6.08. The highest BCUT2D eigenvalue weighted by atomic mass is 32.2. The number of carboxylic acids is 1. The second kappa shape index (κ2) is 7.57. The number of amides is 2. The number of nitrogens with one attached hydrogen (secondary N) is 2. The highest BCUT2D eigenvalue weighted by molar-refractivity contribution is 7.89. The Bertz CT molecular complexity index is 667. The molecule has 5 N–H and O–H groups in total. The Morgan fingerprint density at radius 3 is 2.32 bits per heavy atom. The minimum atomic E-state index is -3.77. The number of sulfonamides is 1. The van der Waals surface area contributed by atoms with E-state index in [0.29, 0.717) is 12.1 Å². The maximum Gasteiger partial charge on any atom is 0.330 e. The SMILES string of the molecule is C=C(CCCNC(=O)Nc1ccc(S(N)(=O)=O)cc1)C(=O)O. The molecule has 0 spiro atoms. The fourth-order valence-corrected chi connectivity index (χ4v) is 2.03. The van der Waals surface area contributed by atoms with Crippen molar-refractivity contribution >= 4 is 27.7 Å². The number of hydrogen-bond acceptors (Lipinski definition) is 4. The second-order valence-corrected chi connectivity index (χ2v) is 6.02. The highest BCUT2D eigenvalue weighted by Gasteiger charge is 2.08. The summed E-state index contributed by atoms with van der Waals surface area (Å²) < 4.78 is 22.1. The van der Waals surface area contributed by atoms with E-state index in [1.165, 1.54) is 24.3 Å². The first-order valence-electron chi connectivity index (χ1n) is 6.29. The molecular formula is C13H17N3O5S. The lowest BCUT2D eigenvalue weighted by molar-refractivity contribution is -0.132. The lowest BCUT2D eigenvalue weighted by Gasteiger charge is -2.08. The van der Waals surface area contributed by atoms with Gasteiger partial charge < -0.3 is 15.7 Å². The van der Waals surface area contributed by atoms with Gasteiger partial charge in [0.2, 0.25) is 10.0 Å². The van der Waals surface area contributed by atoms with Crippen LogP contribution in [0, 0.1) is 0 Å². The molecule has 1 aromatic rings. The third kappa shape index (κ3) is 5.94. The summed E-state index contributed by atoms with van der Waals surface area (Å²) >= 11 is 0. The summed E-state index contributed by atoms with van der Waals surface area (Å²) in [7, 11) is -3.77. The van der Waals surface area contributed by atoms with Crippen molar-refractivity contribution < 1.29 is 23.1 Å². The summed E-state index contributed by atoms with van der Waals surface area (Å²) in [6.07, 6.45) is 0.724. The lowest BCUT2D eigenvalue weighted by atomic mass is 10.2. The molecule has 0 radical (unpaired) electrons. The first-order valence-corrected chi connectivity index (χ1v) is 7.83. The number of rotatable bonds is 7. The van der Waals surface area contributed by atoms with Gasteiger partial charge in [0, 0.05) is 17.8 Å². The van der Waals surface area contributed by atoms with Crippen LogP contribution in [0.25, 0.3) is 0 Å². The third-order valence-electron chi connectivity index (χ3n) is 2.68. The Morgan fingerprint density at radius 2 is 1.82 bits per heavy atom. The van der Waals surface area contributed by atoms with Gasteiger partial charge in [-0.25, -0.2) is 23.1 Å². The number of aliphatic carboxylic acids is 1. The normalized spacial score (nSPS) is 10.8. The first-order chi connectivity index (χ1) is 10.2. The monoisotopic (exact) mass is 327 g/mol. The molecule has 0 saturated heterocycles. The Balaban J connectivity index is 2.39. The van der Waals surface area contributed by atoms with Crippen LogP contribution in [0.1, 0.15) is 12.8 Å². The van der Waals surface area contributed by atoms with Gasteiger partial charge in [0.25, 0.3) is 0 Å². The standard InChI is InChI=1S/C13H17N3O5S/c1-9(12(17)18)3-2-8-15-13(19)16-10-4-6-11(7-5-10)22(14,20)21/h4-7H,1-3,8H2,(H,17,18)(H2,14,20,21)(H2,15,16,19). The molecule has 120 valence electrons. The van der Waals surface area contributed by atoms with Crippen LogP contribution in [0.3, 0.4) is 0 Å². The van der Waals surface area contributed by atoms with E-state index < -0.39 is 22.0 Å². The highest BCUT2D eigenvalue weighted by Crippen LogP contribution is 2.12. The summed E-state index contributed by atoms with van der Waals surface area (Å²) in [6.45, 7) is 3.66. The van der Waals surface area contributed by atoms with Crippen molar-refractivity contribution in [1.29, 1.82) is 0 Å². The molecule has 0 aliphatic heterocycles. The van der Waals surface area contributed by atoms with Crippen LogP contribution in [0.2, 0.25) is 0 Å². The minimum absolute atomic E-state index is 0.0503. The molecule has 1 rings (SSSR count). The van der Waals surface area contributed by atoms with Crippen molar-refractivity contribution in [3.8, 4) is 0 Å². The molecule has 0 saturated carbocycles. The van der Waals surface area contributed by atoms with Crippen molar-refractivity contribution in [3.63, 3.8) is 0 Å². The fourth-order valence-electron chi connectivity index (χ4n) is 1.51. The van der Waals surface area contributed by atoms with Crippen molar-refractivity contribution in [1.82, 2.24) is 5.32 Å². The van der Waals surface area contributed by atoms with Crippen molar-refractivity contribution in [2.24, 2.45) is 5.14 Å². The van der Waals surface area contributed by atoms with E-state index in [9.17, 15) is 18.0 Å². The van der Waals surface area contributed by atoms with Gasteiger partial charge in [-0.15, -0.1) is 0 Å². The number of urea groups is 1. The molecule has 0 aliphatic carbocycles. The molecule has 2 amide bonds. The lowest BCUT2D eigenvalue weighted by Crippen LogP contribution is -2.29. The van der Waals surface area contributed by atoms with Gasteiger partial charge in [-0.3, -0.25) is 0 Å². The van der Waals surface area contributed by atoms with E-state index in [-0.39, 0.29) is 23.4 Å². The van der Waals surface area contributed by atoms with Gasteiger partial charge in [0.05, 0.1) is 4.90 Å². The largest absolute Gasteiger partial charge is 0.478 e. The summed E-state index contributed by atoms with van der Waals surface area (Å²) in [4.78, 5) is 22.0. The quantitative estimate of drug-likeness (QED) is 0.435. The maximum absolute atomic E-state index is 11.6. The molecule has 0 bridgehead atoms. The van der Waals surface area contributed by atoms with Gasteiger partial charge in [0.1, 0.15) is 0 Å². The molecule has 0 aromatic heterocycles. The zero-order valence-electron chi connectivity index (χ0n) is 11.7. The van der Waals surface area contributed by atoms with Crippen LogP contribution in [-0.2, 0) is 14.8 Å². The summed E-state index contributed by atoms with van der Waals surface area (Å²) in [5, 5.41) is 18.6. The average molecular weight is 327 g/mol. The number of carbonyl (C=O) groups is 2. The fraction of sp³-hybridized carbons (Fsp3) is 0.231. The van der Waals surface area contributed by atoms with Crippen LogP contribution >= 0.6 is 0 Å². The van der Waals surface area contributed by atoms with Crippen LogP contribution in [-0.4, -0.2) is 32.1 Å². The number of carbonyl (C=O) groups excluding carboxylic acids is 1. The zero-order chi connectivity index (χ0) is 16.8.